The smallest absolute Gasteiger partial charge is 0.251 e. The maximum Gasteiger partial charge on any atom is 0.251 e. The second-order valence-electron chi connectivity index (χ2n) is 16.2. The second kappa shape index (κ2) is 19.2. The second-order valence-corrected chi connectivity index (χ2v) is 16.2. The molecule has 8 atom stereocenters. The molecule has 11 nitrogen and oxygen atoms in total. The summed E-state index contributed by atoms with van der Waals surface area (Å²) in [4.78, 5) is 36.4. The van der Waals surface area contributed by atoms with Crippen molar-refractivity contribution in [2.45, 2.75) is 90.3 Å². The number of ether oxygens (including phenoxy) is 1. The Balaban J connectivity index is 1.45. The van der Waals surface area contributed by atoms with Crippen molar-refractivity contribution in [2.24, 2.45) is 23.7 Å². The van der Waals surface area contributed by atoms with E-state index in [1.54, 1.807) is 19.1 Å². The third kappa shape index (κ3) is 10.3. The number of aliphatic hydroxyl groups excluding tert-OH is 2. The zero-order valence-electron chi connectivity index (χ0n) is 33.9. The van der Waals surface area contributed by atoms with Crippen molar-refractivity contribution < 1.29 is 29.4 Å². The average Bonchev–Trinajstić information content (AvgIpc) is 3.54. The number of hydrogen-bond acceptors (Lipinski definition) is 9. The van der Waals surface area contributed by atoms with E-state index < -0.39 is 24.2 Å². The molecular weight excluding hydrogens is 695 g/mol. The van der Waals surface area contributed by atoms with E-state index in [0.29, 0.717) is 42.0 Å². The van der Waals surface area contributed by atoms with Gasteiger partial charge in [-0.1, -0.05) is 69.3 Å². The van der Waals surface area contributed by atoms with Crippen molar-refractivity contribution in [3.8, 4) is 16.9 Å². The third-order valence-electron chi connectivity index (χ3n) is 11.6. The summed E-state index contributed by atoms with van der Waals surface area (Å²) in [7, 11) is 7.37. The standard InChI is InChI=1S/C44H63N5O6/c1-27(2)31-18-17-28(3)38(23-31)47-44(53)41-40(29(4)51)39(26-50)55-49(41)25-32-15-12-16-37(42(32)54-8)33-20-34(22-36(21-33)48(6)7)43(52)46-35(24-45-5)19-30-13-10-9-11-14-30/h9-16,20-22,27-29,31,35,38-41,45,50-51H,17-19,23-26H2,1-8H3,(H,46,52)(H,47,53)/t28-,29-,31+,35-,38-,39-,40+,41-/m0/s1. The molecule has 3 aromatic rings. The predicted molar refractivity (Wildman–Crippen MR) is 218 cm³/mol. The minimum atomic E-state index is -0.905. The van der Waals surface area contributed by atoms with Crippen LogP contribution in [-0.2, 0) is 22.6 Å². The Bertz CT molecular complexity index is 1720. The largest absolute Gasteiger partial charge is 0.496 e. The Hall–Kier alpha value is -4.00. The molecule has 55 heavy (non-hydrogen) atoms. The first-order valence-electron chi connectivity index (χ1n) is 19.9. The molecule has 0 bridgehead atoms. The highest BCUT2D eigenvalue weighted by atomic mass is 16.7. The number of hydrogen-bond donors (Lipinski definition) is 5. The van der Waals surface area contributed by atoms with Crippen molar-refractivity contribution in [3.63, 3.8) is 0 Å². The van der Waals surface area contributed by atoms with Crippen LogP contribution in [0.15, 0.2) is 66.7 Å². The molecule has 1 saturated heterocycles. The van der Waals surface area contributed by atoms with Crippen LogP contribution in [0.4, 0.5) is 5.69 Å². The summed E-state index contributed by atoms with van der Waals surface area (Å²) in [5.41, 5.74) is 4.83. The van der Waals surface area contributed by atoms with E-state index in [1.165, 1.54) is 0 Å². The highest BCUT2D eigenvalue weighted by Crippen LogP contribution is 2.40. The minimum Gasteiger partial charge on any atom is -0.496 e. The Morgan fingerprint density at radius 1 is 1.04 bits per heavy atom. The molecule has 2 amide bonds. The van der Waals surface area contributed by atoms with Gasteiger partial charge < -0.3 is 35.8 Å². The van der Waals surface area contributed by atoms with E-state index in [-0.39, 0.29) is 37.0 Å². The summed E-state index contributed by atoms with van der Waals surface area (Å²) in [6.07, 6.45) is 2.13. The Morgan fingerprint density at radius 3 is 2.42 bits per heavy atom. The third-order valence-corrected chi connectivity index (χ3v) is 11.6. The van der Waals surface area contributed by atoms with Gasteiger partial charge in [-0.15, -0.1) is 0 Å². The van der Waals surface area contributed by atoms with Crippen molar-refractivity contribution in [2.75, 3.05) is 46.3 Å². The van der Waals surface area contributed by atoms with Gasteiger partial charge in [0.25, 0.3) is 5.91 Å². The summed E-state index contributed by atoms with van der Waals surface area (Å²) in [5.74, 6) is 0.924. The lowest BCUT2D eigenvalue weighted by molar-refractivity contribution is -0.182. The number of anilines is 1. The minimum absolute atomic E-state index is 0.0124. The van der Waals surface area contributed by atoms with Crippen LogP contribution >= 0.6 is 0 Å². The number of amides is 2. The number of carbonyl (C=O) groups is 2. The number of nitrogens with zero attached hydrogens (tertiary/aromatic N) is 2. The van der Waals surface area contributed by atoms with Crippen LogP contribution < -0.4 is 25.6 Å². The molecule has 5 rings (SSSR count). The van der Waals surface area contributed by atoms with Gasteiger partial charge in [-0.2, -0.15) is 5.06 Å². The van der Waals surface area contributed by atoms with E-state index in [4.69, 9.17) is 9.57 Å². The summed E-state index contributed by atoms with van der Waals surface area (Å²) in [6.45, 7) is 8.75. The lowest BCUT2D eigenvalue weighted by Gasteiger charge is -2.38. The molecule has 0 unspecified atom stereocenters. The van der Waals surface area contributed by atoms with Gasteiger partial charge in [-0.05, 0) is 86.7 Å². The van der Waals surface area contributed by atoms with E-state index in [2.05, 4.69) is 48.9 Å². The number of likely N-dealkylation sites (N-methyl/N-ethyl adjacent to an activating group) is 1. The highest BCUT2D eigenvalue weighted by Gasteiger charge is 2.50. The molecule has 5 N–H and O–H groups in total. The molecule has 11 heteroatoms. The number of benzene rings is 3. The highest BCUT2D eigenvalue weighted by molar-refractivity contribution is 5.97. The lowest BCUT2D eigenvalue weighted by atomic mass is 9.74. The molecule has 2 fully saturated rings. The van der Waals surface area contributed by atoms with Crippen LogP contribution in [-0.4, -0.2) is 98.8 Å². The molecule has 0 spiro atoms. The Morgan fingerprint density at radius 2 is 1.78 bits per heavy atom. The van der Waals surface area contributed by atoms with Crippen molar-refractivity contribution >= 4 is 17.5 Å². The normalized spacial score (nSPS) is 24.0. The molecule has 1 heterocycles. The van der Waals surface area contributed by atoms with Crippen LogP contribution in [0.1, 0.15) is 68.4 Å². The quantitative estimate of drug-likeness (QED) is 0.136. The van der Waals surface area contributed by atoms with E-state index >= 15 is 0 Å². The molecule has 3 aromatic carbocycles. The molecule has 1 saturated carbocycles. The van der Waals surface area contributed by atoms with Crippen molar-refractivity contribution in [1.29, 1.82) is 0 Å². The SMILES string of the molecule is CNC[C@H](Cc1ccccc1)NC(=O)c1cc(-c2cccc(CN3O[C@@H](CO)[C@@H]([C@H](C)O)[C@H]3C(=O)N[C@H]3C[C@H](C(C)C)CC[C@@H]3C)c2OC)cc(N(C)C)c1. The monoisotopic (exact) mass is 757 g/mol. The van der Waals surface area contributed by atoms with Gasteiger partial charge in [-0.25, -0.2) is 0 Å². The molecule has 1 aliphatic heterocycles. The number of hydroxylamine groups is 2. The van der Waals surface area contributed by atoms with Gasteiger partial charge >= 0.3 is 0 Å². The maximum atomic E-state index is 14.3. The number of para-hydroxylation sites is 1. The maximum absolute atomic E-state index is 14.3. The molecule has 300 valence electrons. The first-order chi connectivity index (χ1) is 26.3. The Kier molecular flexibility index (Phi) is 14.7. The fourth-order valence-electron chi connectivity index (χ4n) is 8.39. The fraction of sp³-hybridized carbons (Fsp3) is 0.545. The van der Waals surface area contributed by atoms with E-state index in [1.807, 2.05) is 80.6 Å². The van der Waals surface area contributed by atoms with Crippen LogP contribution in [0.25, 0.3) is 11.1 Å². The molecule has 2 aliphatic rings. The summed E-state index contributed by atoms with van der Waals surface area (Å²) in [5, 5.41) is 32.7. The number of aliphatic hydroxyl groups is 2. The zero-order valence-corrected chi connectivity index (χ0v) is 33.9. The number of rotatable bonds is 16. The van der Waals surface area contributed by atoms with E-state index in [0.717, 1.165) is 47.2 Å². The zero-order chi connectivity index (χ0) is 39.8. The van der Waals surface area contributed by atoms with Crippen LogP contribution in [0.5, 0.6) is 5.75 Å². The van der Waals surface area contributed by atoms with Crippen molar-refractivity contribution in [1.82, 2.24) is 21.0 Å². The molecule has 0 aromatic heterocycles. The first kappa shape index (κ1) is 42.1. The number of carbonyl (C=O) groups excluding carboxylic acids is 2. The Labute approximate surface area is 327 Å². The van der Waals surface area contributed by atoms with Crippen molar-refractivity contribution in [3.05, 3.63) is 83.4 Å². The first-order valence-corrected chi connectivity index (χ1v) is 19.9. The molecule has 1 aliphatic carbocycles. The van der Waals surface area contributed by atoms with Gasteiger partial charge in [-0.3, -0.25) is 14.4 Å². The topological polar surface area (TPSA) is 136 Å². The van der Waals surface area contributed by atoms with Crippen LogP contribution in [0, 0.1) is 23.7 Å². The fourth-order valence-corrected chi connectivity index (χ4v) is 8.39. The van der Waals surface area contributed by atoms with E-state index in [9.17, 15) is 19.8 Å². The summed E-state index contributed by atoms with van der Waals surface area (Å²) >= 11 is 0. The molecule has 0 radical (unpaired) electrons. The predicted octanol–water partition coefficient (Wildman–Crippen LogP) is 5.04. The number of nitrogens with one attached hydrogen (secondary N) is 3. The van der Waals surface area contributed by atoms with Gasteiger partial charge in [0.2, 0.25) is 5.91 Å². The molecular formula is C44H63N5O6. The van der Waals surface area contributed by atoms with Gasteiger partial charge in [0.1, 0.15) is 17.9 Å². The van der Waals surface area contributed by atoms with Gasteiger partial charge in [0, 0.05) is 61.0 Å². The van der Waals surface area contributed by atoms with Crippen LogP contribution in [0.2, 0.25) is 0 Å². The van der Waals surface area contributed by atoms with Gasteiger partial charge in [0.15, 0.2) is 0 Å². The van der Waals surface area contributed by atoms with Crippen LogP contribution in [0.3, 0.4) is 0 Å². The summed E-state index contributed by atoms with van der Waals surface area (Å²) in [6, 6.07) is 20.8. The summed E-state index contributed by atoms with van der Waals surface area (Å²) < 4.78 is 6.09. The lowest BCUT2D eigenvalue weighted by Crippen LogP contribution is -2.53. The van der Waals surface area contributed by atoms with Gasteiger partial charge in [0.05, 0.1) is 26.4 Å². The average molecular weight is 758 g/mol. The number of methoxy groups -OCH3 is 1.